The van der Waals surface area contributed by atoms with E-state index >= 15 is 0 Å². The van der Waals surface area contributed by atoms with Gasteiger partial charge in [0.1, 0.15) is 0 Å². The molecular formula is C18H25N3O3S2. The predicted molar refractivity (Wildman–Crippen MR) is 105 cm³/mol. The summed E-state index contributed by atoms with van der Waals surface area (Å²) in [5.74, 6) is -0.272. The lowest BCUT2D eigenvalue weighted by Crippen LogP contribution is -2.29. The second-order valence-electron chi connectivity index (χ2n) is 6.44. The molecular weight excluding hydrogens is 370 g/mol. The molecule has 2 rings (SSSR count). The molecule has 0 atom stereocenters. The van der Waals surface area contributed by atoms with E-state index in [1.54, 1.807) is 0 Å². The van der Waals surface area contributed by atoms with Crippen LogP contribution in [-0.4, -0.2) is 25.9 Å². The van der Waals surface area contributed by atoms with E-state index < -0.39 is 10.0 Å². The van der Waals surface area contributed by atoms with Gasteiger partial charge in [0.15, 0.2) is 5.13 Å². The van der Waals surface area contributed by atoms with E-state index in [-0.39, 0.29) is 18.9 Å². The molecule has 0 saturated carbocycles. The molecule has 0 aliphatic heterocycles. The molecule has 0 saturated heterocycles. The van der Waals surface area contributed by atoms with Gasteiger partial charge in [-0.2, -0.15) is 0 Å². The molecule has 0 aliphatic rings. The molecule has 0 spiro atoms. The van der Waals surface area contributed by atoms with Crippen molar-refractivity contribution >= 4 is 32.4 Å². The number of hydrogen-bond acceptors (Lipinski definition) is 5. The molecule has 0 unspecified atom stereocenters. The summed E-state index contributed by atoms with van der Waals surface area (Å²) in [6, 6.07) is 0. The predicted octanol–water partition coefficient (Wildman–Crippen LogP) is 3.30. The average molecular weight is 396 g/mol. The third kappa shape index (κ3) is 4.31. The molecule has 8 heteroatoms. The van der Waals surface area contributed by atoms with Crippen molar-refractivity contribution in [3.05, 3.63) is 38.9 Å². The Labute approximate surface area is 159 Å². The van der Waals surface area contributed by atoms with Crippen molar-refractivity contribution in [3.8, 4) is 0 Å². The van der Waals surface area contributed by atoms with Gasteiger partial charge in [-0.3, -0.25) is 4.79 Å². The molecule has 1 amide bonds. The van der Waals surface area contributed by atoms with Gasteiger partial charge >= 0.3 is 0 Å². The normalized spacial score (nSPS) is 11.6. The topological polar surface area (TPSA) is 88.2 Å². The summed E-state index contributed by atoms with van der Waals surface area (Å²) >= 11 is 1.34. The Morgan fingerprint density at radius 3 is 2.04 bits per heavy atom. The van der Waals surface area contributed by atoms with Gasteiger partial charge in [-0.1, -0.05) is 0 Å². The van der Waals surface area contributed by atoms with Crippen molar-refractivity contribution in [2.45, 2.75) is 52.9 Å². The molecule has 0 fully saturated rings. The highest BCUT2D eigenvalue weighted by Gasteiger charge is 2.23. The van der Waals surface area contributed by atoms with Crippen LogP contribution >= 0.6 is 11.3 Å². The van der Waals surface area contributed by atoms with Crippen molar-refractivity contribution in [3.63, 3.8) is 0 Å². The number of carbonyl (C=O) groups is 1. The first-order valence-electron chi connectivity index (χ1n) is 8.33. The first-order chi connectivity index (χ1) is 12.0. The van der Waals surface area contributed by atoms with Crippen molar-refractivity contribution in [2.24, 2.45) is 0 Å². The summed E-state index contributed by atoms with van der Waals surface area (Å²) in [6.45, 7) is 11.4. The van der Waals surface area contributed by atoms with E-state index in [0.29, 0.717) is 10.0 Å². The van der Waals surface area contributed by atoms with Crippen LogP contribution in [0.3, 0.4) is 0 Å². The summed E-state index contributed by atoms with van der Waals surface area (Å²) < 4.78 is 28.1. The largest absolute Gasteiger partial charge is 0.302 e. The number of thiazole rings is 1. The van der Waals surface area contributed by atoms with Crippen LogP contribution in [0, 0.1) is 41.5 Å². The van der Waals surface area contributed by atoms with E-state index in [0.717, 1.165) is 33.5 Å². The molecule has 26 heavy (non-hydrogen) atoms. The van der Waals surface area contributed by atoms with Gasteiger partial charge in [0, 0.05) is 18.3 Å². The van der Waals surface area contributed by atoms with Crippen LogP contribution < -0.4 is 10.0 Å². The Kier molecular flexibility index (Phi) is 6.21. The quantitative estimate of drug-likeness (QED) is 0.785. The molecule has 142 valence electrons. The number of benzene rings is 1. The minimum atomic E-state index is -3.69. The number of sulfonamides is 1. The number of aryl methyl sites for hydroxylation is 1. The minimum Gasteiger partial charge on any atom is -0.302 e. The van der Waals surface area contributed by atoms with Gasteiger partial charge in [0.2, 0.25) is 15.9 Å². The number of nitrogens with one attached hydrogen (secondary N) is 2. The van der Waals surface area contributed by atoms with E-state index in [1.165, 1.54) is 11.3 Å². The van der Waals surface area contributed by atoms with E-state index in [1.807, 2.05) is 46.9 Å². The van der Waals surface area contributed by atoms with Crippen LogP contribution in [0.2, 0.25) is 0 Å². The second kappa shape index (κ2) is 7.85. The third-order valence-corrected chi connectivity index (χ3v) is 7.32. The van der Waals surface area contributed by atoms with Crippen molar-refractivity contribution in [1.29, 1.82) is 0 Å². The number of carbonyl (C=O) groups excluding carboxylic acids is 1. The van der Waals surface area contributed by atoms with Crippen LogP contribution in [0.5, 0.6) is 0 Å². The van der Waals surface area contributed by atoms with E-state index in [2.05, 4.69) is 15.0 Å². The monoisotopic (exact) mass is 395 g/mol. The smallest absolute Gasteiger partial charge is 0.241 e. The van der Waals surface area contributed by atoms with Crippen LogP contribution in [0.25, 0.3) is 0 Å². The Balaban J connectivity index is 2.09. The molecule has 6 nitrogen and oxygen atoms in total. The highest BCUT2D eigenvalue weighted by molar-refractivity contribution is 7.89. The summed E-state index contributed by atoms with van der Waals surface area (Å²) in [7, 11) is -3.69. The van der Waals surface area contributed by atoms with E-state index in [9.17, 15) is 13.2 Å². The summed E-state index contributed by atoms with van der Waals surface area (Å²) in [5, 5.41) is 5.03. The first-order valence-corrected chi connectivity index (χ1v) is 10.7. The van der Waals surface area contributed by atoms with E-state index in [4.69, 9.17) is 0 Å². The fraction of sp³-hybridized carbons (Fsp3) is 0.444. The maximum Gasteiger partial charge on any atom is 0.241 e. The lowest BCUT2D eigenvalue weighted by molar-refractivity contribution is -0.116. The van der Waals surface area contributed by atoms with Crippen LogP contribution in [0.4, 0.5) is 5.13 Å². The summed E-state index contributed by atoms with van der Waals surface area (Å²) in [4.78, 5) is 16.4. The molecule has 2 N–H and O–H groups in total. The lowest BCUT2D eigenvalue weighted by atomic mass is 9.95. The lowest BCUT2D eigenvalue weighted by Gasteiger charge is -2.19. The van der Waals surface area contributed by atoms with Crippen molar-refractivity contribution in [2.75, 3.05) is 11.9 Å². The maximum absolute atomic E-state index is 12.8. The zero-order valence-electron chi connectivity index (χ0n) is 16.0. The molecule has 1 heterocycles. The molecule has 0 radical (unpaired) electrons. The highest BCUT2D eigenvalue weighted by Crippen LogP contribution is 2.29. The summed E-state index contributed by atoms with van der Waals surface area (Å²) in [5.41, 5.74) is 5.40. The fourth-order valence-electron chi connectivity index (χ4n) is 2.83. The Morgan fingerprint density at radius 2 is 1.54 bits per heavy atom. The summed E-state index contributed by atoms with van der Waals surface area (Å²) in [6.07, 6.45) is 0.0414. The second-order valence-corrected chi connectivity index (χ2v) is 9.01. The Bertz CT molecular complexity index is 918. The van der Waals surface area contributed by atoms with Gasteiger partial charge in [0.05, 0.1) is 10.6 Å². The molecule has 1 aromatic heterocycles. The zero-order valence-corrected chi connectivity index (χ0v) is 17.6. The van der Waals surface area contributed by atoms with Gasteiger partial charge < -0.3 is 5.32 Å². The number of nitrogens with zero attached hydrogens (tertiary/aromatic N) is 1. The molecule has 0 bridgehead atoms. The minimum absolute atomic E-state index is 0.0311. The first kappa shape index (κ1) is 20.5. The number of aromatic nitrogens is 1. The maximum atomic E-state index is 12.8. The van der Waals surface area contributed by atoms with Crippen LogP contribution in [0.1, 0.15) is 39.9 Å². The molecule has 1 aromatic carbocycles. The molecule has 2 aromatic rings. The number of hydrogen-bond donors (Lipinski definition) is 2. The molecule has 0 aliphatic carbocycles. The SMILES string of the molecule is Cc1csc(NC(=O)CCNS(=O)(=O)c2c(C)c(C)c(C)c(C)c2C)n1. The standard InChI is InChI=1S/C18H25N3O3S2/c1-10-9-25-18(20-10)21-16(22)7-8-19-26(23,24)17-14(5)12(3)11(2)13(4)15(17)6/h9,19H,7-8H2,1-6H3,(H,20,21,22). The Morgan fingerprint density at radius 1 is 1.00 bits per heavy atom. The Hall–Kier alpha value is -1.77. The fourth-order valence-corrected chi connectivity index (χ4v) is 5.16. The average Bonchev–Trinajstić information content (AvgIpc) is 2.95. The van der Waals surface area contributed by atoms with Gasteiger partial charge in [-0.25, -0.2) is 18.1 Å². The number of anilines is 1. The van der Waals surface area contributed by atoms with Gasteiger partial charge in [0.25, 0.3) is 0 Å². The zero-order chi connectivity index (χ0) is 19.6. The van der Waals surface area contributed by atoms with Gasteiger partial charge in [-0.15, -0.1) is 11.3 Å². The third-order valence-electron chi connectivity index (χ3n) is 4.71. The van der Waals surface area contributed by atoms with Crippen molar-refractivity contribution < 1.29 is 13.2 Å². The van der Waals surface area contributed by atoms with Crippen LogP contribution in [0.15, 0.2) is 10.3 Å². The number of rotatable bonds is 6. The number of amides is 1. The highest BCUT2D eigenvalue weighted by atomic mass is 32.2. The van der Waals surface area contributed by atoms with Gasteiger partial charge in [-0.05, 0) is 69.4 Å². The van der Waals surface area contributed by atoms with Crippen molar-refractivity contribution in [1.82, 2.24) is 9.71 Å². The van der Waals surface area contributed by atoms with Crippen LogP contribution in [-0.2, 0) is 14.8 Å².